The number of hydrogen-bond acceptors (Lipinski definition) is 3. The van der Waals surface area contributed by atoms with E-state index in [0.29, 0.717) is 17.8 Å². The predicted molar refractivity (Wildman–Crippen MR) is 85.3 cm³/mol. The molecule has 3 N–H and O–H groups in total. The molecule has 0 spiro atoms. The smallest absolute Gasteiger partial charge is 0.231 e. The first-order valence-corrected chi connectivity index (χ1v) is 7.04. The zero-order chi connectivity index (χ0) is 15.2. The summed E-state index contributed by atoms with van der Waals surface area (Å²) in [5, 5.41) is 9.80. The van der Waals surface area contributed by atoms with Crippen LogP contribution in [0.2, 0.25) is 0 Å². The number of carbonyl (C=O) groups is 1. The Balaban J connectivity index is 2.22. The Morgan fingerprint density at radius 1 is 1.19 bits per heavy atom. The zero-order valence-electron chi connectivity index (χ0n) is 12.1. The third-order valence-electron chi connectivity index (χ3n) is 3.26. The first kappa shape index (κ1) is 14.9. The van der Waals surface area contributed by atoms with E-state index in [-0.39, 0.29) is 18.1 Å². The van der Waals surface area contributed by atoms with Gasteiger partial charge in [0.15, 0.2) is 0 Å². The van der Waals surface area contributed by atoms with Gasteiger partial charge < -0.3 is 15.7 Å². The van der Waals surface area contributed by atoms with Gasteiger partial charge in [0, 0.05) is 23.5 Å². The summed E-state index contributed by atoms with van der Waals surface area (Å²) < 4.78 is 0. The van der Waals surface area contributed by atoms with Crippen molar-refractivity contribution in [3.05, 3.63) is 54.1 Å². The van der Waals surface area contributed by atoms with Crippen molar-refractivity contribution in [3.63, 3.8) is 0 Å². The van der Waals surface area contributed by atoms with E-state index in [9.17, 15) is 9.90 Å². The van der Waals surface area contributed by atoms with Crippen LogP contribution in [0, 0.1) is 0 Å². The molecule has 110 valence electrons. The molecule has 0 unspecified atom stereocenters. The van der Waals surface area contributed by atoms with Gasteiger partial charge >= 0.3 is 0 Å². The Hall–Kier alpha value is -2.49. The highest BCUT2D eigenvalue weighted by Gasteiger charge is 2.16. The van der Waals surface area contributed by atoms with Crippen LogP contribution in [0.5, 0.6) is 5.75 Å². The molecule has 0 atom stereocenters. The van der Waals surface area contributed by atoms with Crippen molar-refractivity contribution in [3.8, 4) is 5.75 Å². The Kier molecular flexibility index (Phi) is 4.82. The van der Waals surface area contributed by atoms with Crippen LogP contribution < -0.4 is 10.6 Å². The summed E-state index contributed by atoms with van der Waals surface area (Å²) in [6.45, 7) is 2.64. The van der Waals surface area contributed by atoms with Crippen LogP contribution >= 0.6 is 0 Å². The van der Waals surface area contributed by atoms with Gasteiger partial charge in [0.05, 0.1) is 6.42 Å². The van der Waals surface area contributed by atoms with Crippen molar-refractivity contribution in [2.75, 3.05) is 17.2 Å². The largest absolute Gasteiger partial charge is 0.508 e. The van der Waals surface area contributed by atoms with E-state index >= 15 is 0 Å². The van der Waals surface area contributed by atoms with Gasteiger partial charge in [-0.3, -0.25) is 4.79 Å². The molecule has 21 heavy (non-hydrogen) atoms. The molecule has 0 aromatic heterocycles. The number of rotatable bonds is 5. The fraction of sp³-hybridized carbons (Fsp3) is 0.235. The van der Waals surface area contributed by atoms with E-state index in [4.69, 9.17) is 5.73 Å². The fourth-order valence-electron chi connectivity index (χ4n) is 2.23. The highest BCUT2D eigenvalue weighted by Crippen LogP contribution is 2.21. The van der Waals surface area contributed by atoms with E-state index in [1.54, 1.807) is 35.2 Å². The fourth-order valence-corrected chi connectivity index (χ4v) is 2.23. The summed E-state index contributed by atoms with van der Waals surface area (Å²) in [5.74, 6) is 0.0961. The average molecular weight is 284 g/mol. The molecule has 0 aliphatic heterocycles. The monoisotopic (exact) mass is 284 g/mol. The number of para-hydroxylation sites is 1. The number of aromatic hydroxyl groups is 1. The van der Waals surface area contributed by atoms with E-state index in [0.717, 1.165) is 12.1 Å². The molecule has 0 aliphatic carbocycles. The lowest BCUT2D eigenvalue weighted by atomic mass is 10.1. The molecule has 4 nitrogen and oxygen atoms in total. The number of nitrogens with two attached hydrogens (primary N) is 1. The number of anilines is 2. The van der Waals surface area contributed by atoms with Crippen molar-refractivity contribution in [1.82, 2.24) is 0 Å². The first-order chi connectivity index (χ1) is 10.1. The molecule has 0 saturated heterocycles. The van der Waals surface area contributed by atoms with Gasteiger partial charge in [-0.25, -0.2) is 0 Å². The van der Waals surface area contributed by atoms with Gasteiger partial charge in [0.25, 0.3) is 0 Å². The quantitative estimate of drug-likeness (QED) is 0.829. The highest BCUT2D eigenvalue weighted by atomic mass is 16.3. The minimum atomic E-state index is -0.0519. The van der Waals surface area contributed by atoms with Gasteiger partial charge in [-0.15, -0.1) is 0 Å². The standard InChI is InChI=1S/C17H20N2O2/c1-2-10-19(15-8-5-7-14(18)12-15)17(21)11-13-6-3-4-9-16(13)20/h3-9,12,20H,2,10-11,18H2,1H3. The number of phenolic OH excluding ortho intramolecular Hbond substituents is 1. The second-order valence-electron chi connectivity index (χ2n) is 4.95. The summed E-state index contributed by atoms with van der Waals surface area (Å²) in [7, 11) is 0. The molecule has 0 heterocycles. The molecule has 1 amide bonds. The van der Waals surface area contributed by atoms with Crippen LogP contribution in [-0.4, -0.2) is 17.6 Å². The van der Waals surface area contributed by atoms with Crippen LogP contribution in [0.15, 0.2) is 48.5 Å². The molecule has 2 rings (SSSR count). The molecule has 2 aromatic carbocycles. The van der Waals surface area contributed by atoms with Crippen LogP contribution in [0.4, 0.5) is 11.4 Å². The number of benzene rings is 2. The molecule has 0 fully saturated rings. The molecule has 4 heteroatoms. The van der Waals surface area contributed by atoms with Crippen LogP contribution in [0.1, 0.15) is 18.9 Å². The number of nitrogens with zero attached hydrogens (tertiary/aromatic N) is 1. The second-order valence-corrected chi connectivity index (χ2v) is 4.95. The third kappa shape index (κ3) is 3.75. The maximum Gasteiger partial charge on any atom is 0.231 e. The summed E-state index contributed by atoms with van der Waals surface area (Å²) in [4.78, 5) is 14.3. The Labute approximate surface area is 124 Å². The van der Waals surface area contributed by atoms with Crippen molar-refractivity contribution in [1.29, 1.82) is 0 Å². The first-order valence-electron chi connectivity index (χ1n) is 7.04. The Bertz CT molecular complexity index is 626. The van der Waals surface area contributed by atoms with Crippen LogP contribution in [-0.2, 0) is 11.2 Å². The normalized spacial score (nSPS) is 10.3. The van der Waals surface area contributed by atoms with Crippen molar-refractivity contribution < 1.29 is 9.90 Å². The van der Waals surface area contributed by atoms with Crippen molar-refractivity contribution in [2.24, 2.45) is 0 Å². The molecule has 0 bridgehead atoms. The molecule has 0 aliphatic rings. The molecular weight excluding hydrogens is 264 g/mol. The summed E-state index contributed by atoms with van der Waals surface area (Å²) in [5.41, 5.74) is 7.84. The van der Waals surface area contributed by atoms with Crippen molar-refractivity contribution >= 4 is 17.3 Å². The molecule has 0 radical (unpaired) electrons. The maximum absolute atomic E-state index is 12.5. The average Bonchev–Trinajstić information content (AvgIpc) is 2.47. The highest BCUT2D eigenvalue weighted by molar-refractivity contribution is 5.95. The number of phenols is 1. The lowest BCUT2D eigenvalue weighted by molar-refractivity contribution is -0.118. The number of hydrogen-bond donors (Lipinski definition) is 2. The number of amides is 1. The summed E-state index contributed by atoms with van der Waals surface area (Å²) >= 11 is 0. The predicted octanol–water partition coefficient (Wildman–Crippen LogP) is 2.96. The van der Waals surface area contributed by atoms with E-state index in [2.05, 4.69) is 0 Å². The van der Waals surface area contributed by atoms with E-state index < -0.39 is 0 Å². The molecular formula is C17H20N2O2. The van der Waals surface area contributed by atoms with Gasteiger partial charge in [0.1, 0.15) is 5.75 Å². The van der Waals surface area contributed by atoms with Crippen LogP contribution in [0.3, 0.4) is 0 Å². The van der Waals surface area contributed by atoms with Gasteiger partial charge in [-0.05, 0) is 30.7 Å². The minimum absolute atomic E-state index is 0.0519. The second kappa shape index (κ2) is 6.79. The number of carbonyl (C=O) groups excluding carboxylic acids is 1. The summed E-state index contributed by atoms with van der Waals surface area (Å²) in [6, 6.07) is 14.2. The van der Waals surface area contributed by atoms with E-state index in [1.807, 2.05) is 25.1 Å². The maximum atomic E-state index is 12.5. The third-order valence-corrected chi connectivity index (χ3v) is 3.26. The summed E-state index contributed by atoms with van der Waals surface area (Å²) in [6.07, 6.45) is 1.02. The zero-order valence-corrected chi connectivity index (χ0v) is 12.1. The van der Waals surface area contributed by atoms with Gasteiger partial charge in [-0.1, -0.05) is 31.2 Å². The lowest BCUT2D eigenvalue weighted by Gasteiger charge is -2.23. The van der Waals surface area contributed by atoms with Gasteiger partial charge in [-0.2, -0.15) is 0 Å². The Morgan fingerprint density at radius 2 is 1.95 bits per heavy atom. The van der Waals surface area contributed by atoms with Crippen LogP contribution in [0.25, 0.3) is 0 Å². The van der Waals surface area contributed by atoms with Crippen molar-refractivity contribution in [2.45, 2.75) is 19.8 Å². The minimum Gasteiger partial charge on any atom is -0.508 e. The van der Waals surface area contributed by atoms with Gasteiger partial charge in [0.2, 0.25) is 5.91 Å². The number of nitrogen functional groups attached to an aromatic ring is 1. The topological polar surface area (TPSA) is 66.6 Å². The van der Waals surface area contributed by atoms with E-state index in [1.165, 1.54) is 0 Å². The lowest BCUT2D eigenvalue weighted by Crippen LogP contribution is -2.33. The molecule has 0 saturated carbocycles. The molecule has 2 aromatic rings. The Morgan fingerprint density at radius 3 is 2.62 bits per heavy atom. The SMILES string of the molecule is CCCN(C(=O)Cc1ccccc1O)c1cccc(N)c1.